The van der Waals surface area contributed by atoms with Crippen LogP contribution in [-0.2, 0) is 9.59 Å². The molecule has 0 aliphatic carbocycles. The van der Waals surface area contributed by atoms with Crippen molar-refractivity contribution in [1.29, 1.82) is 0 Å². The number of phenols is 1. The SMILES string of the molecule is Cc1cccc(NC(=O)C(=O)N/N=C\c2cc(Cl)ccc2O)c1C. The predicted molar refractivity (Wildman–Crippen MR) is 93.4 cm³/mol. The number of nitrogens with one attached hydrogen (secondary N) is 2. The van der Waals surface area contributed by atoms with Crippen LogP contribution in [-0.4, -0.2) is 23.1 Å². The molecule has 0 heterocycles. The maximum Gasteiger partial charge on any atom is 0.329 e. The van der Waals surface area contributed by atoms with Gasteiger partial charge in [0.2, 0.25) is 0 Å². The average molecular weight is 346 g/mol. The highest BCUT2D eigenvalue weighted by molar-refractivity contribution is 6.39. The summed E-state index contributed by atoms with van der Waals surface area (Å²) in [6.07, 6.45) is 1.20. The topological polar surface area (TPSA) is 90.8 Å². The maximum atomic E-state index is 11.9. The quantitative estimate of drug-likeness (QED) is 0.454. The number of hydrogen-bond donors (Lipinski definition) is 3. The van der Waals surface area contributed by atoms with Gasteiger partial charge in [-0.05, 0) is 49.2 Å². The van der Waals surface area contributed by atoms with Crippen LogP contribution in [0.1, 0.15) is 16.7 Å². The number of hydrazone groups is 1. The first-order chi connectivity index (χ1) is 11.4. The average Bonchev–Trinajstić information content (AvgIpc) is 2.54. The second kappa shape index (κ2) is 7.61. The number of carbonyl (C=O) groups excluding carboxylic acids is 2. The summed E-state index contributed by atoms with van der Waals surface area (Å²) in [5.74, 6) is -1.80. The van der Waals surface area contributed by atoms with Gasteiger partial charge in [-0.25, -0.2) is 5.43 Å². The van der Waals surface area contributed by atoms with Crippen LogP contribution in [0, 0.1) is 13.8 Å². The standard InChI is InChI=1S/C17H16ClN3O3/c1-10-4-3-5-14(11(10)2)20-16(23)17(24)21-19-9-12-8-13(18)6-7-15(12)22/h3-9,22H,1-2H3,(H,20,23)(H,21,24)/b19-9-. The molecule has 0 unspecified atom stereocenters. The molecule has 0 aliphatic rings. The molecule has 24 heavy (non-hydrogen) atoms. The van der Waals surface area contributed by atoms with Gasteiger partial charge in [-0.2, -0.15) is 5.10 Å². The van der Waals surface area contributed by atoms with Crippen molar-refractivity contribution in [2.24, 2.45) is 5.10 Å². The summed E-state index contributed by atoms with van der Waals surface area (Å²) < 4.78 is 0. The van der Waals surface area contributed by atoms with E-state index in [1.54, 1.807) is 12.1 Å². The highest BCUT2D eigenvalue weighted by atomic mass is 35.5. The van der Waals surface area contributed by atoms with E-state index in [0.717, 1.165) is 11.1 Å². The number of phenolic OH excluding ortho intramolecular Hbond substituents is 1. The van der Waals surface area contributed by atoms with E-state index in [2.05, 4.69) is 15.8 Å². The lowest BCUT2D eigenvalue weighted by molar-refractivity contribution is -0.136. The molecule has 0 fully saturated rings. The van der Waals surface area contributed by atoms with Gasteiger partial charge in [-0.15, -0.1) is 0 Å². The van der Waals surface area contributed by atoms with Crippen LogP contribution in [0.2, 0.25) is 5.02 Å². The molecule has 0 aromatic heterocycles. The zero-order chi connectivity index (χ0) is 17.7. The van der Waals surface area contributed by atoms with Crippen LogP contribution in [0.15, 0.2) is 41.5 Å². The number of nitrogens with zero attached hydrogens (tertiary/aromatic N) is 1. The van der Waals surface area contributed by atoms with Crippen molar-refractivity contribution in [3.8, 4) is 5.75 Å². The zero-order valence-electron chi connectivity index (χ0n) is 13.1. The summed E-state index contributed by atoms with van der Waals surface area (Å²) >= 11 is 5.80. The summed E-state index contributed by atoms with van der Waals surface area (Å²) in [7, 11) is 0. The second-order valence-electron chi connectivity index (χ2n) is 5.10. The number of rotatable bonds is 3. The smallest absolute Gasteiger partial charge is 0.329 e. The van der Waals surface area contributed by atoms with Gasteiger partial charge in [0.1, 0.15) is 5.75 Å². The number of hydrogen-bond acceptors (Lipinski definition) is 4. The lowest BCUT2D eigenvalue weighted by atomic mass is 10.1. The molecule has 2 rings (SSSR count). The van der Waals surface area contributed by atoms with Crippen molar-refractivity contribution in [3.63, 3.8) is 0 Å². The van der Waals surface area contributed by atoms with Crippen molar-refractivity contribution < 1.29 is 14.7 Å². The van der Waals surface area contributed by atoms with Gasteiger partial charge in [0.15, 0.2) is 0 Å². The molecule has 0 aliphatic heterocycles. The third-order valence-corrected chi connectivity index (χ3v) is 3.65. The number of aromatic hydroxyl groups is 1. The van der Waals surface area contributed by atoms with Gasteiger partial charge >= 0.3 is 11.8 Å². The van der Waals surface area contributed by atoms with Gasteiger partial charge in [0.05, 0.1) is 6.21 Å². The molecule has 3 N–H and O–H groups in total. The molecular weight excluding hydrogens is 330 g/mol. The Bertz CT molecular complexity index is 819. The van der Waals surface area contributed by atoms with Crippen LogP contribution < -0.4 is 10.7 Å². The van der Waals surface area contributed by atoms with Crippen molar-refractivity contribution in [1.82, 2.24) is 5.43 Å². The van der Waals surface area contributed by atoms with E-state index in [1.165, 1.54) is 24.4 Å². The van der Waals surface area contributed by atoms with Gasteiger partial charge in [-0.3, -0.25) is 9.59 Å². The number of benzene rings is 2. The third kappa shape index (κ3) is 4.33. The van der Waals surface area contributed by atoms with Crippen LogP contribution in [0.3, 0.4) is 0 Å². The molecule has 0 saturated carbocycles. The Hall–Kier alpha value is -2.86. The van der Waals surface area contributed by atoms with E-state index in [4.69, 9.17) is 11.6 Å². The predicted octanol–water partition coefficient (Wildman–Crippen LogP) is 2.75. The molecule has 0 bridgehead atoms. The first kappa shape index (κ1) is 17.5. The van der Waals surface area contributed by atoms with Gasteiger partial charge < -0.3 is 10.4 Å². The Labute approximate surface area is 144 Å². The van der Waals surface area contributed by atoms with Gasteiger partial charge in [0, 0.05) is 16.3 Å². The molecule has 0 radical (unpaired) electrons. The molecular formula is C17H16ClN3O3. The fraction of sp³-hybridized carbons (Fsp3) is 0.118. The van der Waals surface area contributed by atoms with Crippen molar-refractivity contribution in [2.45, 2.75) is 13.8 Å². The molecule has 2 amide bonds. The van der Waals surface area contributed by atoms with E-state index >= 15 is 0 Å². The van der Waals surface area contributed by atoms with E-state index in [0.29, 0.717) is 16.3 Å². The fourth-order valence-corrected chi connectivity index (χ4v) is 2.09. The minimum absolute atomic E-state index is 0.0442. The second-order valence-corrected chi connectivity index (χ2v) is 5.54. The van der Waals surface area contributed by atoms with Gasteiger partial charge in [0.25, 0.3) is 0 Å². The van der Waals surface area contributed by atoms with Crippen molar-refractivity contribution >= 4 is 35.3 Å². The summed E-state index contributed by atoms with van der Waals surface area (Å²) in [5.41, 5.74) is 4.86. The van der Waals surface area contributed by atoms with E-state index in [-0.39, 0.29) is 5.75 Å². The van der Waals surface area contributed by atoms with Gasteiger partial charge in [-0.1, -0.05) is 23.7 Å². The Kier molecular flexibility index (Phi) is 5.55. The van der Waals surface area contributed by atoms with Crippen LogP contribution in [0.5, 0.6) is 5.75 Å². The van der Waals surface area contributed by atoms with Crippen LogP contribution >= 0.6 is 11.6 Å². The molecule has 0 spiro atoms. The highest BCUT2D eigenvalue weighted by Gasteiger charge is 2.14. The Morgan fingerprint density at radius 1 is 1.17 bits per heavy atom. The first-order valence-electron chi connectivity index (χ1n) is 7.07. The largest absolute Gasteiger partial charge is 0.507 e. The lowest BCUT2D eigenvalue weighted by Gasteiger charge is -2.09. The Morgan fingerprint density at radius 2 is 1.92 bits per heavy atom. The number of aryl methyl sites for hydroxylation is 1. The summed E-state index contributed by atoms with van der Waals surface area (Å²) in [5, 5.41) is 16.2. The van der Waals surface area contributed by atoms with Crippen molar-refractivity contribution in [2.75, 3.05) is 5.32 Å². The summed E-state index contributed by atoms with van der Waals surface area (Å²) in [6, 6.07) is 9.80. The molecule has 2 aromatic rings. The lowest BCUT2D eigenvalue weighted by Crippen LogP contribution is -2.32. The Balaban J connectivity index is 1.99. The van der Waals surface area contributed by atoms with Crippen LogP contribution in [0.4, 0.5) is 5.69 Å². The summed E-state index contributed by atoms with van der Waals surface area (Å²) in [6.45, 7) is 3.76. The number of carbonyl (C=O) groups is 2. The molecule has 0 saturated heterocycles. The fourth-order valence-electron chi connectivity index (χ4n) is 1.91. The minimum atomic E-state index is -0.923. The molecule has 124 valence electrons. The van der Waals surface area contributed by atoms with Crippen molar-refractivity contribution in [3.05, 3.63) is 58.1 Å². The summed E-state index contributed by atoms with van der Waals surface area (Å²) in [4.78, 5) is 23.6. The number of halogens is 1. The molecule has 7 heteroatoms. The first-order valence-corrected chi connectivity index (χ1v) is 7.45. The maximum absolute atomic E-state index is 11.9. The highest BCUT2D eigenvalue weighted by Crippen LogP contribution is 2.19. The number of amides is 2. The molecule has 2 aromatic carbocycles. The van der Waals surface area contributed by atoms with E-state index in [9.17, 15) is 14.7 Å². The molecule has 0 atom stereocenters. The number of anilines is 1. The van der Waals surface area contributed by atoms with E-state index < -0.39 is 11.8 Å². The monoisotopic (exact) mass is 345 g/mol. The zero-order valence-corrected chi connectivity index (χ0v) is 13.9. The Morgan fingerprint density at radius 3 is 2.67 bits per heavy atom. The van der Waals surface area contributed by atoms with Crippen LogP contribution in [0.25, 0.3) is 0 Å². The normalized spacial score (nSPS) is 10.6. The minimum Gasteiger partial charge on any atom is -0.507 e. The third-order valence-electron chi connectivity index (χ3n) is 3.42. The molecule has 6 nitrogen and oxygen atoms in total. The van der Waals surface area contributed by atoms with E-state index in [1.807, 2.05) is 19.9 Å².